The van der Waals surface area contributed by atoms with E-state index in [9.17, 15) is 4.79 Å². The first-order valence-corrected chi connectivity index (χ1v) is 5.34. The number of carboxylic acid groups (broad SMARTS) is 1. The minimum Gasteiger partial charge on any atom is -0.481 e. The SMILES string of the molecule is CC1=C2CC(C(CC(=O)O)C1)C2(C)C. The van der Waals surface area contributed by atoms with Crippen LogP contribution in [0.15, 0.2) is 11.1 Å². The maximum atomic E-state index is 10.7. The third kappa shape index (κ3) is 1.20. The van der Waals surface area contributed by atoms with Crippen molar-refractivity contribution in [1.29, 1.82) is 0 Å². The molecule has 0 amide bonds. The molecule has 0 aromatic rings. The smallest absolute Gasteiger partial charge is 0.303 e. The average Bonchev–Trinajstić information content (AvgIpc) is 2.00. The van der Waals surface area contributed by atoms with E-state index in [0.717, 1.165) is 12.8 Å². The Morgan fingerprint density at radius 2 is 2.14 bits per heavy atom. The van der Waals surface area contributed by atoms with Gasteiger partial charge in [0, 0.05) is 6.42 Å². The summed E-state index contributed by atoms with van der Waals surface area (Å²) in [6.45, 7) is 6.68. The summed E-state index contributed by atoms with van der Waals surface area (Å²) in [5, 5.41) is 8.84. The second kappa shape index (κ2) is 2.85. The zero-order valence-corrected chi connectivity index (χ0v) is 9.13. The van der Waals surface area contributed by atoms with Gasteiger partial charge in [-0.3, -0.25) is 4.79 Å². The van der Waals surface area contributed by atoms with Gasteiger partial charge in [0.2, 0.25) is 0 Å². The van der Waals surface area contributed by atoms with E-state index >= 15 is 0 Å². The third-order valence-corrected chi connectivity index (χ3v) is 4.22. The predicted octanol–water partition coefficient (Wildman–Crippen LogP) is 2.84. The van der Waals surface area contributed by atoms with Crippen LogP contribution in [0.4, 0.5) is 0 Å². The highest BCUT2D eigenvalue weighted by molar-refractivity contribution is 5.67. The van der Waals surface area contributed by atoms with Crippen LogP contribution < -0.4 is 0 Å². The van der Waals surface area contributed by atoms with Crippen LogP contribution in [-0.4, -0.2) is 11.1 Å². The summed E-state index contributed by atoms with van der Waals surface area (Å²) in [5.74, 6) is 0.339. The molecule has 0 radical (unpaired) electrons. The predicted molar refractivity (Wildman–Crippen MR) is 54.9 cm³/mol. The van der Waals surface area contributed by atoms with E-state index in [1.54, 1.807) is 5.57 Å². The summed E-state index contributed by atoms with van der Waals surface area (Å²) in [6, 6.07) is 0. The molecule has 2 bridgehead atoms. The molecule has 78 valence electrons. The van der Waals surface area contributed by atoms with E-state index < -0.39 is 5.97 Å². The lowest BCUT2D eigenvalue weighted by Crippen LogP contribution is -2.47. The molecule has 0 saturated heterocycles. The van der Waals surface area contributed by atoms with Gasteiger partial charge in [-0.05, 0) is 37.0 Å². The Balaban J connectivity index is 2.20. The Labute approximate surface area is 85.0 Å². The fraction of sp³-hybridized carbons (Fsp3) is 0.750. The van der Waals surface area contributed by atoms with E-state index in [1.165, 1.54) is 5.57 Å². The second-order valence-electron chi connectivity index (χ2n) is 5.35. The van der Waals surface area contributed by atoms with Gasteiger partial charge in [0.25, 0.3) is 0 Å². The molecule has 3 aliphatic carbocycles. The van der Waals surface area contributed by atoms with Crippen molar-refractivity contribution in [3.05, 3.63) is 11.1 Å². The Morgan fingerprint density at radius 3 is 2.57 bits per heavy atom. The van der Waals surface area contributed by atoms with Crippen LogP contribution in [-0.2, 0) is 4.79 Å². The average molecular weight is 194 g/mol. The van der Waals surface area contributed by atoms with Crippen molar-refractivity contribution < 1.29 is 9.90 Å². The topological polar surface area (TPSA) is 37.3 Å². The number of aliphatic carboxylic acids is 1. The lowest BCUT2D eigenvalue weighted by Gasteiger charge is -2.56. The number of carbonyl (C=O) groups is 1. The standard InChI is InChI=1S/C12H18O2/c1-7-4-8(5-11(13)14)10-6-9(7)12(10,2)3/h8,10H,4-6H2,1-3H3,(H,13,14). The largest absolute Gasteiger partial charge is 0.481 e. The van der Waals surface area contributed by atoms with Crippen LogP contribution in [0.5, 0.6) is 0 Å². The van der Waals surface area contributed by atoms with Gasteiger partial charge < -0.3 is 5.11 Å². The van der Waals surface area contributed by atoms with Crippen molar-refractivity contribution in [1.82, 2.24) is 0 Å². The van der Waals surface area contributed by atoms with E-state index in [0.29, 0.717) is 18.3 Å². The highest BCUT2D eigenvalue weighted by Gasteiger charge is 2.51. The van der Waals surface area contributed by atoms with Crippen LogP contribution in [0.1, 0.15) is 40.0 Å². The summed E-state index contributed by atoms with van der Waals surface area (Å²) < 4.78 is 0. The fourth-order valence-corrected chi connectivity index (χ4v) is 3.41. The van der Waals surface area contributed by atoms with E-state index in [2.05, 4.69) is 20.8 Å². The van der Waals surface area contributed by atoms with E-state index in [4.69, 9.17) is 5.11 Å². The van der Waals surface area contributed by atoms with Gasteiger partial charge in [0.15, 0.2) is 0 Å². The normalized spacial score (nSPS) is 33.9. The number of rotatable bonds is 2. The highest BCUT2D eigenvalue weighted by Crippen LogP contribution is 2.61. The highest BCUT2D eigenvalue weighted by atomic mass is 16.4. The van der Waals surface area contributed by atoms with Crippen molar-refractivity contribution >= 4 is 5.97 Å². The lowest BCUT2D eigenvalue weighted by molar-refractivity contribution is -0.139. The maximum absolute atomic E-state index is 10.7. The summed E-state index contributed by atoms with van der Waals surface area (Å²) in [7, 11) is 0. The fourth-order valence-electron chi connectivity index (χ4n) is 3.41. The molecule has 0 aliphatic heterocycles. The first kappa shape index (κ1) is 9.75. The molecular weight excluding hydrogens is 176 g/mol. The number of hydrogen-bond donors (Lipinski definition) is 1. The summed E-state index contributed by atoms with van der Waals surface area (Å²) in [4.78, 5) is 10.7. The van der Waals surface area contributed by atoms with Crippen molar-refractivity contribution in [3.8, 4) is 0 Å². The molecule has 0 heterocycles. The number of fused-ring (bicyclic) bond motifs is 2. The van der Waals surface area contributed by atoms with E-state index in [1.807, 2.05) is 0 Å². The Morgan fingerprint density at radius 1 is 1.50 bits per heavy atom. The minimum atomic E-state index is -0.644. The summed E-state index contributed by atoms with van der Waals surface area (Å²) in [6.07, 6.45) is 2.51. The van der Waals surface area contributed by atoms with Crippen LogP contribution in [0.3, 0.4) is 0 Å². The molecule has 0 aromatic heterocycles. The number of allylic oxidation sites excluding steroid dienone is 2. The maximum Gasteiger partial charge on any atom is 0.303 e. The summed E-state index contributed by atoms with van der Waals surface area (Å²) in [5.41, 5.74) is 3.32. The second-order valence-corrected chi connectivity index (χ2v) is 5.35. The Bertz CT molecular complexity index is 312. The van der Waals surface area contributed by atoms with Crippen molar-refractivity contribution in [3.63, 3.8) is 0 Å². The molecule has 1 saturated carbocycles. The van der Waals surface area contributed by atoms with Crippen molar-refractivity contribution in [2.75, 3.05) is 0 Å². The van der Waals surface area contributed by atoms with Gasteiger partial charge >= 0.3 is 5.97 Å². The van der Waals surface area contributed by atoms with Gasteiger partial charge in [-0.2, -0.15) is 0 Å². The molecule has 2 unspecified atom stereocenters. The molecule has 14 heavy (non-hydrogen) atoms. The molecule has 0 aromatic carbocycles. The molecule has 1 fully saturated rings. The number of carboxylic acids is 1. The van der Waals surface area contributed by atoms with Crippen LogP contribution in [0, 0.1) is 17.3 Å². The Hall–Kier alpha value is -0.790. The first-order valence-electron chi connectivity index (χ1n) is 5.34. The monoisotopic (exact) mass is 194 g/mol. The molecule has 1 N–H and O–H groups in total. The van der Waals surface area contributed by atoms with Crippen molar-refractivity contribution in [2.45, 2.75) is 40.0 Å². The zero-order chi connectivity index (χ0) is 10.5. The molecule has 3 aliphatic rings. The van der Waals surface area contributed by atoms with Gasteiger partial charge in [0.1, 0.15) is 0 Å². The van der Waals surface area contributed by atoms with Crippen molar-refractivity contribution in [2.24, 2.45) is 17.3 Å². The van der Waals surface area contributed by atoms with Gasteiger partial charge in [-0.15, -0.1) is 0 Å². The van der Waals surface area contributed by atoms with Gasteiger partial charge in [0.05, 0.1) is 0 Å². The van der Waals surface area contributed by atoms with Gasteiger partial charge in [-0.1, -0.05) is 25.0 Å². The van der Waals surface area contributed by atoms with Crippen LogP contribution in [0.2, 0.25) is 0 Å². The molecule has 2 atom stereocenters. The van der Waals surface area contributed by atoms with Gasteiger partial charge in [-0.25, -0.2) is 0 Å². The molecule has 3 rings (SSSR count). The molecule has 2 heteroatoms. The molecule has 0 spiro atoms. The minimum absolute atomic E-state index is 0.280. The number of hydrogen-bond acceptors (Lipinski definition) is 1. The van der Waals surface area contributed by atoms with E-state index in [-0.39, 0.29) is 5.41 Å². The zero-order valence-electron chi connectivity index (χ0n) is 9.13. The van der Waals surface area contributed by atoms with Crippen LogP contribution >= 0.6 is 0 Å². The Kier molecular flexibility index (Phi) is 1.98. The first-order chi connectivity index (χ1) is 6.43. The molecular formula is C12H18O2. The lowest BCUT2D eigenvalue weighted by atomic mass is 9.48. The van der Waals surface area contributed by atoms with Crippen LogP contribution in [0.25, 0.3) is 0 Å². The molecule has 2 nitrogen and oxygen atoms in total. The summed E-state index contributed by atoms with van der Waals surface area (Å²) >= 11 is 0. The quantitative estimate of drug-likeness (QED) is 0.686. The third-order valence-electron chi connectivity index (χ3n) is 4.22.